The van der Waals surface area contributed by atoms with Crippen molar-refractivity contribution in [3.63, 3.8) is 0 Å². The van der Waals surface area contributed by atoms with Gasteiger partial charge < -0.3 is 5.32 Å². The number of hydrogen-bond acceptors (Lipinski definition) is 2. The number of piperidine rings is 3. The van der Waals surface area contributed by atoms with Gasteiger partial charge >= 0.3 is 0 Å². The molecule has 3 aliphatic rings. The zero-order chi connectivity index (χ0) is 12.4. The number of alkyl halides is 1. The Morgan fingerprint density at radius 1 is 1.17 bits per heavy atom. The lowest BCUT2D eigenvalue weighted by molar-refractivity contribution is 0.0116. The molecule has 1 aromatic rings. The maximum atomic E-state index is 12.4. The van der Waals surface area contributed by atoms with Crippen LogP contribution in [0.5, 0.6) is 0 Å². The lowest BCUT2D eigenvalue weighted by Gasteiger charge is -2.51. The molecule has 0 aliphatic carbocycles. The van der Waals surface area contributed by atoms with Crippen LogP contribution in [0.1, 0.15) is 24.4 Å². The van der Waals surface area contributed by atoms with E-state index in [1.165, 1.54) is 31.5 Å². The Kier molecular flexibility index (Phi) is 3.62. The van der Waals surface area contributed by atoms with Gasteiger partial charge in [0.15, 0.2) is 0 Å². The van der Waals surface area contributed by atoms with Crippen LogP contribution in [0.15, 0.2) is 30.3 Å². The van der Waals surface area contributed by atoms with E-state index in [-0.39, 0.29) is 6.67 Å². The molecule has 4 rings (SSSR count). The Bertz CT molecular complexity index is 373. The van der Waals surface area contributed by atoms with E-state index in [1.807, 2.05) is 0 Å². The first-order chi connectivity index (χ1) is 8.90. The molecule has 3 heterocycles. The Balaban J connectivity index is 1.84. The fraction of sp³-hybridized carbons (Fsp3) is 0.600. The largest absolute Gasteiger partial charge is 0.309 e. The Morgan fingerprint density at radius 3 is 2.56 bits per heavy atom. The SMILES string of the molecule is FCCNC1C2CCN(CC2)C1c1ccccc1. The van der Waals surface area contributed by atoms with Gasteiger partial charge in [-0.3, -0.25) is 4.90 Å². The quantitative estimate of drug-likeness (QED) is 0.880. The minimum Gasteiger partial charge on any atom is -0.309 e. The van der Waals surface area contributed by atoms with Crippen LogP contribution in [-0.4, -0.2) is 37.3 Å². The van der Waals surface area contributed by atoms with Gasteiger partial charge in [-0.15, -0.1) is 0 Å². The maximum Gasteiger partial charge on any atom is 0.102 e. The van der Waals surface area contributed by atoms with Crippen LogP contribution in [-0.2, 0) is 0 Å². The first kappa shape index (κ1) is 12.1. The van der Waals surface area contributed by atoms with Crippen LogP contribution in [0.25, 0.3) is 0 Å². The number of hydrogen-bond donors (Lipinski definition) is 1. The molecule has 2 nitrogen and oxygen atoms in total. The van der Waals surface area contributed by atoms with Crippen molar-refractivity contribution in [1.82, 2.24) is 10.2 Å². The zero-order valence-electron chi connectivity index (χ0n) is 10.7. The highest BCUT2D eigenvalue weighted by Crippen LogP contribution is 2.40. The van der Waals surface area contributed by atoms with Gasteiger partial charge in [0, 0.05) is 12.6 Å². The van der Waals surface area contributed by atoms with Crippen LogP contribution in [0.3, 0.4) is 0 Å². The van der Waals surface area contributed by atoms with Gasteiger partial charge in [0.2, 0.25) is 0 Å². The average Bonchev–Trinajstić information content (AvgIpc) is 2.46. The molecule has 0 radical (unpaired) electrons. The van der Waals surface area contributed by atoms with Crippen molar-refractivity contribution in [3.05, 3.63) is 35.9 Å². The number of benzene rings is 1. The van der Waals surface area contributed by atoms with Gasteiger partial charge in [-0.2, -0.15) is 0 Å². The summed E-state index contributed by atoms with van der Waals surface area (Å²) < 4.78 is 12.4. The predicted octanol–water partition coefficient (Wildman–Crippen LogP) is 2.38. The van der Waals surface area contributed by atoms with Crippen molar-refractivity contribution in [2.45, 2.75) is 24.9 Å². The van der Waals surface area contributed by atoms with E-state index in [0.29, 0.717) is 24.5 Å². The minimum absolute atomic E-state index is 0.273. The second kappa shape index (κ2) is 5.37. The summed E-state index contributed by atoms with van der Waals surface area (Å²) in [7, 11) is 0. The van der Waals surface area contributed by atoms with Crippen molar-refractivity contribution >= 4 is 0 Å². The third-order valence-electron chi connectivity index (χ3n) is 4.43. The van der Waals surface area contributed by atoms with E-state index in [2.05, 4.69) is 40.5 Å². The van der Waals surface area contributed by atoms with Gasteiger partial charge in [-0.05, 0) is 37.4 Å². The molecule has 3 fully saturated rings. The van der Waals surface area contributed by atoms with Crippen molar-refractivity contribution < 1.29 is 4.39 Å². The molecule has 3 heteroatoms. The number of halogens is 1. The smallest absolute Gasteiger partial charge is 0.102 e. The van der Waals surface area contributed by atoms with E-state index < -0.39 is 0 Å². The Labute approximate surface area is 108 Å². The Morgan fingerprint density at radius 2 is 1.89 bits per heavy atom. The number of fused-ring (bicyclic) bond motifs is 3. The summed E-state index contributed by atoms with van der Waals surface area (Å²) in [6.07, 6.45) is 2.51. The molecule has 1 N–H and O–H groups in total. The standard InChI is InChI=1S/C15H21FN2/c16-8-9-17-14-12-6-10-18(11-7-12)15(14)13-4-2-1-3-5-13/h1-5,12,14-15,17H,6-11H2. The van der Waals surface area contributed by atoms with Crippen LogP contribution in [0, 0.1) is 5.92 Å². The summed E-state index contributed by atoms with van der Waals surface area (Å²) in [5, 5.41) is 3.43. The molecule has 0 saturated carbocycles. The molecule has 3 aliphatic heterocycles. The number of rotatable bonds is 4. The van der Waals surface area contributed by atoms with E-state index >= 15 is 0 Å². The molecule has 2 unspecified atom stereocenters. The Hall–Kier alpha value is -0.930. The highest BCUT2D eigenvalue weighted by atomic mass is 19.1. The van der Waals surface area contributed by atoms with Gasteiger partial charge in [-0.1, -0.05) is 30.3 Å². The molecule has 3 saturated heterocycles. The van der Waals surface area contributed by atoms with E-state index in [0.717, 1.165) is 0 Å². The van der Waals surface area contributed by atoms with Crippen LogP contribution >= 0.6 is 0 Å². The molecule has 0 spiro atoms. The highest BCUT2D eigenvalue weighted by molar-refractivity contribution is 5.23. The summed E-state index contributed by atoms with van der Waals surface area (Å²) >= 11 is 0. The number of nitrogens with one attached hydrogen (secondary N) is 1. The van der Waals surface area contributed by atoms with Gasteiger partial charge in [-0.25, -0.2) is 4.39 Å². The monoisotopic (exact) mass is 248 g/mol. The van der Waals surface area contributed by atoms with E-state index in [4.69, 9.17) is 0 Å². The lowest BCUT2D eigenvalue weighted by atomic mass is 9.76. The summed E-state index contributed by atoms with van der Waals surface area (Å²) in [5.74, 6) is 0.715. The van der Waals surface area contributed by atoms with Crippen molar-refractivity contribution in [1.29, 1.82) is 0 Å². The molecule has 2 atom stereocenters. The summed E-state index contributed by atoms with van der Waals surface area (Å²) in [6, 6.07) is 11.5. The predicted molar refractivity (Wildman–Crippen MR) is 71.2 cm³/mol. The van der Waals surface area contributed by atoms with Crippen molar-refractivity contribution in [2.75, 3.05) is 26.3 Å². The molecule has 98 valence electrons. The molecule has 0 amide bonds. The first-order valence-corrected chi connectivity index (χ1v) is 6.98. The lowest BCUT2D eigenvalue weighted by Crippen LogP contribution is -2.58. The minimum atomic E-state index is -0.273. The summed E-state index contributed by atoms with van der Waals surface area (Å²) in [5.41, 5.74) is 1.37. The average molecular weight is 248 g/mol. The van der Waals surface area contributed by atoms with Crippen LogP contribution in [0.4, 0.5) is 4.39 Å². The molecular formula is C15H21FN2. The van der Waals surface area contributed by atoms with Crippen LogP contribution in [0.2, 0.25) is 0 Å². The highest BCUT2D eigenvalue weighted by Gasteiger charge is 2.42. The van der Waals surface area contributed by atoms with Crippen molar-refractivity contribution in [2.24, 2.45) is 5.92 Å². The summed E-state index contributed by atoms with van der Waals surface area (Å²) in [6.45, 7) is 2.60. The molecule has 1 aromatic carbocycles. The zero-order valence-corrected chi connectivity index (χ0v) is 10.7. The number of nitrogens with zero attached hydrogens (tertiary/aromatic N) is 1. The first-order valence-electron chi connectivity index (χ1n) is 6.98. The van der Waals surface area contributed by atoms with Gasteiger partial charge in [0.05, 0.1) is 6.04 Å². The fourth-order valence-electron chi connectivity index (χ4n) is 3.61. The third kappa shape index (κ3) is 2.17. The van der Waals surface area contributed by atoms with E-state index in [9.17, 15) is 4.39 Å². The van der Waals surface area contributed by atoms with Gasteiger partial charge in [0.25, 0.3) is 0 Å². The molecule has 2 bridgehead atoms. The van der Waals surface area contributed by atoms with Crippen molar-refractivity contribution in [3.8, 4) is 0 Å². The molecule has 0 aromatic heterocycles. The normalized spacial score (nSPS) is 34.7. The van der Waals surface area contributed by atoms with Gasteiger partial charge in [0.1, 0.15) is 6.67 Å². The molecule has 18 heavy (non-hydrogen) atoms. The van der Waals surface area contributed by atoms with Crippen LogP contribution < -0.4 is 5.32 Å². The topological polar surface area (TPSA) is 15.3 Å². The fourth-order valence-corrected chi connectivity index (χ4v) is 3.61. The second-order valence-electron chi connectivity index (χ2n) is 5.40. The van der Waals surface area contributed by atoms with E-state index in [1.54, 1.807) is 0 Å². The summed E-state index contributed by atoms with van der Waals surface area (Å²) in [4.78, 5) is 2.56. The second-order valence-corrected chi connectivity index (χ2v) is 5.40. The maximum absolute atomic E-state index is 12.4. The third-order valence-corrected chi connectivity index (χ3v) is 4.43. The molecular weight excluding hydrogens is 227 g/mol.